The fourth-order valence-corrected chi connectivity index (χ4v) is 1.73. The van der Waals surface area contributed by atoms with Crippen LogP contribution in [0.15, 0.2) is 0 Å². The van der Waals surface area contributed by atoms with Gasteiger partial charge in [-0.1, -0.05) is 0 Å². The number of aliphatic hydroxyl groups excluding tert-OH is 3. The Morgan fingerprint density at radius 1 is 0.950 bits per heavy atom. The van der Waals surface area contributed by atoms with Gasteiger partial charge in [-0.25, -0.2) is 8.37 Å². The molecule has 12 nitrogen and oxygen atoms in total. The summed E-state index contributed by atoms with van der Waals surface area (Å²) in [5.41, 5.74) is 0. The van der Waals surface area contributed by atoms with Crippen LogP contribution in [0.2, 0.25) is 0 Å². The Morgan fingerprint density at radius 2 is 1.45 bits per heavy atom. The Labute approximate surface area is 113 Å². The molecule has 0 aliphatic rings. The van der Waals surface area contributed by atoms with Crippen LogP contribution in [0.5, 0.6) is 0 Å². The van der Waals surface area contributed by atoms with Crippen molar-refractivity contribution in [1.29, 1.82) is 0 Å². The van der Waals surface area contributed by atoms with Gasteiger partial charge in [0.1, 0.15) is 18.3 Å². The number of hydrogen-bond acceptors (Lipinski definition) is 10. The third-order valence-corrected chi connectivity index (χ3v) is 2.73. The van der Waals surface area contributed by atoms with Gasteiger partial charge < -0.3 is 20.1 Å². The van der Waals surface area contributed by atoms with Crippen LogP contribution in [0.25, 0.3) is 0 Å². The molecule has 5 N–H and O–H groups in total. The molecule has 0 radical (unpaired) electrons. The first kappa shape index (κ1) is 19.3. The lowest BCUT2D eigenvalue weighted by molar-refractivity contribution is -0.132. The maximum Gasteiger partial charge on any atom is 0.398 e. The zero-order valence-corrected chi connectivity index (χ0v) is 11.1. The molecule has 0 fully saturated rings. The van der Waals surface area contributed by atoms with E-state index in [0.717, 1.165) is 0 Å². The van der Waals surface area contributed by atoms with Gasteiger partial charge in [-0.3, -0.25) is 9.11 Å². The summed E-state index contributed by atoms with van der Waals surface area (Å²) in [4.78, 5) is 10.4. The SMILES string of the molecule is O=CC(OS(=O)(=O)O)C(O)C(O)C(O)COS(=O)(=O)O. The van der Waals surface area contributed by atoms with Crippen molar-refractivity contribution in [2.75, 3.05) is 6.61 Å². The molecule has 4 unspecified atom stereocenters. The summed E-state index contributed by atoms with van der Waals surface area (Å²) in [6.45, 7) is -1.20. The average molecular weight is 340 g/mol. The van der Waals surface area contributed by atoms with Gasteiger partial charge in [-0.2, -0.15) is 16.8 Å². The van der Waals surface area contributed by atoms with Gasteiger partial charge in [0.2, 0.25) is 0 Å². The van der Waals surface area contributed by atoms with Crippen LogP contribution < -0.4 is 0 Å². The Hall–Kier alpha value is -0.710. The largest absolute Gasteiger partial charge is 0.398 e. The average Bonchev–Trinajstić information content (AvgIpc) is 2.29. The third kappa shape index (κ3) is 7.78. The standard InChI is InChI=1S/C6H12O12S2/c7-1-4(18-20(14,15)16)6(10)5(9)3(8)2-17-19(11,12)13/h1,3-6,8-10H,2H2,(H,11,12,13)(H,14,15,16). The molecular formula is C6H12O12S2. The smallest absolute Gasteiger partial charge is 0.388 e. The van der Waals surface area contributed by atoms with Crippen LogP contribution in [0, 0.1) is 0 Å². The zero-order chi connectivity index (χ0) is 16.1. The molecule has 0 aromatic heterocycles. The molecule has 20 heavy (non-hydrogen) atoms. The second-order valence-electron chi connectivity index (χ2n) is 3.39. The van der Waals surface area contributed by atoms with Crippen LogP contribution in [0.4, 0.5) is 0 Å². The Balaban J connectivity index is 4.72. The summed E-state index contributed by atoms with van der Waals surface area (Å²) in [5, 5.41) is 27.8. The van der Waals surface area contributed by atoms with Crippen LogP contribution in [-0.2, 0) is 34.0 Å². The first-order chi connectivity index (χ1) is 8.87. The second kappa shape index (κ2) is 7.34. The van der Waals surface area contributed by atoms with E-state index in [-0.39, 0.29) is 6.29 Å². The minimum Gasteiger partial charge on any atom is -0.388 e. The highest BCUT2D eigenvalue weighted by atomic mass is 32.3. The Bertz CT molecular complexity index is 508. The van der Waals surface area contributed by atoms with Crippen LogP contribution in [-0.4, -0.2) is 78.6 Å². The van der Waals surface area contributed by atoms with E-state index in [1.54, 1.807) is 0 Å². The van der Waals surface area contributed by atoms with Gasteiger partial charge in [0.25, 0.3) is 0 Å². The normalized spacial score (nSPS) is 19.1. The highest BCUT2D eigenvalue weighted by Crippen LogP contribution is 2.10. The summed E-state index contributed by atoms with van der Waals surface area (Å²) in [6.07, 6.45) is -9.30. The maximum absolute atomic E-state index is 10.4. The lowest BCUT2D eigenvalue weighted by Crippen LogP contribution is -2.48. The monoisotopic (exact) mass is 340 g/mol. The Kier molecular flexibility index (Phi) is 7.08. The minimum absolute atomic E-state index is 0.294. The van der Waals surface area contributed by atoms with Gasteiger partial charge in [0, 0.05) is 0 Å². The highest BCUT2D eigenvalue weighted by molar-refractivity contribution is 7.81. The van der Waals surface area contributed by atoms with E-state index in [1.807, 2.05) is 0 Å². The van der Waals surface area contributed by atoms with Crippen molar-refractivity contribution in [2.45, 2.75) is 24.4 Å². The summed E-state index contributed by atoms with van der Waals surface area (Å²) in [6, 6.07) is 0. The zero-order valence-electron chi connectivity index (χ0n) is 9.50. The van der Waals surface area contributed by atoms with Crippen LogP contribution in [0.1, 0.15) is 0 Å². The van der Waals surface area contributed by atoms with E-state index >= 15 is 0 Å². The molecule has 0 heterocycles. The number of carbonyl (C=O) groups excluding carboxylic acids is 1. The molecule has 14 heteroatoms. The summed E-state index contributed by atoms with van der Waals surface area (Å²) >= 11 is 0. The fourth-order valence-electron chi connectivity index (χ4n) is 0.977. The Morgan fingerprint density at radius 3 is 1.80 bits per heavy atom. The van der Waals surface area contributed by atoms with Crippen molar-refractivity contribution in [3.8, 4) is 0 Å². The molecular weight excluding hydrogens is 328 g/mol. The molecule has 0 aliphatic heterocycles. The van der Waals surface area contributed by atoms with Crippen LogP contribution >= 0.6 is 0 Å². The van der Waals surface area contributed by atoms with Gasteiger partial charge in [0.15, 0.2) is 12.4 Å². The van der Waals surface area contributed by atoms with Crippen molar-refractivity contribution in [3.05, 3.63) is 0 Å². The van der Waals surface area contributed by atoms with E-state index < -0.39 is 51.8 Å². The summed E-state index contributed by atoms with van der Waals surface area (Å²) in [7, 11) is -10.0. The predicted octanol–water partition coefficient (Wildman–Crippen LogP) is -3.72. The van der Waals surface area contributed by atoms with E-state index in [1.165, 1.54) is 0 Å². The lowest BCUT2D eigenvalue weighted by atomic mass is 10.0. The third-order valence-electron chi connectivity index (χ3n) is 1.84. The topological polar surface area (TPSA) is 205 Å². The molecule has 0 bridgehead atoms. The number of carbonyl (C=O) groups is 1. The maximum atomic E-state index is 10.4. The van der Waals surface area contributed by atoms with E-state index in [9.17, 15) is 36.9 Å². The molecule has 0 aromatic rings. The van der Waals surface area contributed by atoms with Crippen molar-refractivity contribution < 1.29 is 54.4 Å². The molecule has 0 saturated carbocycles. The highest BCUT2D eigenvalue weighted by Gasteiger charge is 2.35. The van der Waals surface area contributed by atoms with Gasteiger partial charge in [-0.15, -0.1) is 0 Å². The van der Waals surface area contributed by atoms with Crippen molar-refractivity contribution >= 4 is 27.1 Å². The predicted molar refractivity (Wildman–Crippen MR) is 58.0 cm³/mol. The number of aldehydes is 1. The molecule has 0 amide bonds. The first-order valence-corrected chi connectivity index (χ1v) is 7.37. The molecule has 4 atom stereocenters. The first-order valence-electron chi connectivity index (χ1n) is 4.64. The van der Waals surface area contributed by atoms with Crippen molar-refractivity contribution in [3.63, 3.8) is 0 Å². The quantitative estimate of drug-likeness (QED) is 0.203. The van der Waals surface area contributed by atoms with E-state index in [0.29, 0.717) is 0 Å². The van der Waals surface area contributed by atoms with Gasteiger partial charge in [0.05, 0.1) is 6.61 Å². The number of hydrogen-bond donors (Lipinski definition) is 5. The molecule has 120 valence electrons. The molecule has 0 aliphatic carbocycles. The summed E-state index contributed by atoms with van der Waals surface area (Å²) < 4.78 is 64.9. The van der Waals surface area contributed by atoms with Crippen molar-refractivity contribution in [2.24, 2.45) is 0 Å². The molecule has 0 rings (SSSR count). The summed E-state index contributed by atoms with van der Waals surface area (Å²) in [5.74, 6) is 0. The number of aliphatic hydroxyl groups is 3. The van der Waals surface area contributed by atoms with Gasteiger partial charge in [-0.05, 0) is 0 Å². The second-order valence-corrected chi connectivity index (χ2v) is 5.52. The minimum atomic E-state index is -5.13. The van der Waals surface area contributed by atoms with E-state index in [2.05, 4.69) is 8.37 Å². The van der Waals surface area contributed by atoms with Crippen molar-refractivity contribution in [1.82, 2.24) is 0 Å². The van der Waals surface area contributed by atoms with Gasteiger partial charge >= 0.3 is 20.8 Å². The van der Waals surface area contributed by atoms with E-state index in [4.69, 9.17) is 9.11 Å². The lowest BCUT2D eigenvalue weighted by Gasteiger charge is -2.24. The number of rotatable bonds is 9. The molecule has 0 saturated heterocycles. The molecule has 0 spiro atoms. The molecule has 0 aromatic carbocycles. The fraction of sp³-hybridized carbons (Fsp3) is 0.833. The van der Waals surface area contributed by atoms with Crippen LogP contribution in [0.3, 0.4) is 0 Å².